The van der Waals surface area contributed by atoms with Crippen molar-refractivity contribution in [2.24, 2.45) is 5.10 Å². The van der Waals surface area contributed by atoms with Crippen molar-refractivity contribution in [3.63, 3.8) is 0 Å². The number of amides is 1. The lowest BCUT2D eigenvalue weighted by Gasteiger charge is -2.34. The number of hydrogen-bond acceptors (Lipinski definition) is 3. The largest absolute Gasteiger partial charge is 0.292 e. The lowest BCUT2D eigenvalue weighted by Crippen LogP contribution is -2.44. The van der Waals surface area contributed by atoms with E-state index in [0.29, 0.717) is 19.0 Å². The quantitative estimate of drug-likeness (QED) is 0.756. The van der Waals surface area contributed by atoms with Gasteiger partial charge in [0.1, 0.15) is 5.82 Å². The molecule has 5 heteroatoms. The van der Waals surface area contributed by atoms with Crippen molar-refractivity contribution in [1.82, 2.24) is 9.91 Å². The number of hydrazone groups is 1. The van der Waals surface area contributed by atoms with Gasteiger partial charge in [0.25, 0.3) is 5.91 Å². The van der Waals surface area contributed by atoms with Crippen molar-refractivity contribution in [2.75, 3.05) is 13.1 Å². The summed E-state index contributed by atoms with van der Waals surface area (Å²) in [5.41, 5.74) is 3.86. The van der Waals surface area contributed by atoms with Crippen LogP contribution in [0.3, 0.4) is 0 Å². The van der Waals surface area contributed by atoms with Crippen LogP contribution in [0.25, 0.3) is 0 Å². The Morgan fingerprint density at radius 3 is 2.69 bits per heavy atom. The molecule has 29 heavy (non-hydrogen) atoms. The van der Waals surface area contributed by atoms with Gasteiger partial charge in [-0.3, -0.25) is 9.69 Å². The highest BCUT2D eigenvalue weighted by molar-refractivity contribution is 6.03. The van der Waals surface area contributed by atoms with Gasteiger partial charge in [-0.2, -0.15) is 5.10 Å². The minimum Gasteiger partial charge on any atom is -0.292 e. The Bertz CT molecular complexity index is 909. The molecule has 2 aromatic carbocycles. The molecule has 4 rings (SSSR count). The lowest BCUT2D eigenvalue weighted by molar-refractivity contribution is -0.135. The second-order valence-corrected chi connectivity index (χ2v) is 8.24. The summed E-state index contributed by atoms with van der Waals surface area (Å²) in [6.45, 7) is 5.53. The van der Waals surface area contributed by atoms with Crippen molar-refractivity contribution < 1.29 is 9.18 Å². The summed E-state index contributed by atoms with van der Waals surface area (Å²) >= 11 is 0. The molecule has 0 aliphatic carbocycles. The van der Waals surface area contributed by atoms with Crippen molar-refractivity contribution in [3.05, 3.63) is 71.0 Å². The normalized spacial score (nSPS) is 22.6. The van der Waals surface area contributed by atoms with Gasteiger partial charge in [0.05, 0.1) is 18.3 Å². The van der Waals surface area contributed by atoms with E-state index in [1.165, 1.54) is 24.1 Å². The Kier molecular flexibility index (Phi) is 5.76. The molecule has 0 N–H and O–H groups in total. The van der Waals surface area contributed by atoms with Gasteiger partial charge < -0.3 is 0 Å². The fourth-order valence-electron chi connectivity index (χ4n) is 4.27. The van der Waals surface area contributed by atoms with Gasteiger partial charge in [-0.1, -0.05) is 48.4 Å². The molecule has 2 aliphatic rings. The number of benzene rings is 2. The van der Waals surface area contributed by atoms with Crippen LogP contribution in [0.5, 0.6) is 0 Å². The number of carbonyl (C=O) groups excluding carboxylic acids is 1. The number of likely N-dealkylation sites (tertiary alicyclic amines) is 1. The molecule has 152 valence electrons. The first-order chi connectivity index (χ1) is 14.0. The van der Waals surface area contributed by atoms with Crippen LogP contribution < -0.4 is 0 Å². The molecule has 2 aliphatic heterocycles. The first-order valence-electron chi connectivity index (χ1n) is 10.5. The predicted molar refractivity (Wildman–Crippen MR) is 113 cm³/mol. The van der Waals surface area contributed by atoms with E-state index in [1.54, 1.807) is 11.1 Å². The smallest absolute Gasteiger partial charge is 0.257 e. The average molecular weight is 394 g/mol. The number of rotatable bonds is 4. The summed E-state index contributed by atoms with van der Waals surface area (Å²) in [5.74, 6) is -0.307. The Labute approximate surface area is 172 Å². The van der Waals surface area contributed by atoms with Gasteiger partial charge in [0.2, 0.25) is 0 Å². The van der Waals surface area contributed by atoms with E-state index in [1.807, 2.05) is 25.1 Å². The van der Waals surface area contributed by atoms with E-state index in [9.17, 15) is 9.18 Å². The zero-order valence-electron chi connectivity index (χ0n) is 17.1. The van der Waals surface area contributed by atoms with Crippen LogP contribution in [-0.2, 0) is 4.79 Å². The number of hydrogen-bond donors (Lipinski definition) is 0. The van der Waals surface area contributed by atoms with Crippen LogP contribution in [-0.4, -0.2) is 40.7 Å². The van der Waals surface area contributed by atoms with Crippen molar-refractivity contribution >= 4 is 11.6 Å². The monoisotopic (exact) mass is 393 g/mol. The van der Waals surface area contributed by atoms with E-state index in [4.69, 9.17) is 5.10 Å². The molecule has 0 spiro atoms. The summed E-state index contributed by atoms with van der Waals surface area (Å²) in [6, 6.07) is 14.8. The molecule has 4 nitrogen and oxygen atoms in total. The summed E-state index contributed by atoms with van der Waals surface area (Å²) in [4.78, 5) is 15.5. The second-order valence-electron chi connectivity index (χ2n) is 8.24. The lowest BCUT2D eigenvalue weighted by atomic mass is 9.98. The molecule has 2 atom stereocenters. The van der Waals surface area contributed by atoms with E-state index < -0.39 is 0 Å². The molecule has 0 aromatic heterocycles. The number of nitrogens with zero attached hydrogens (tertiary/aromatic N) is 3. The first-order valence-corrected chi connectivity index (χ1v) is 10.5. The minimum atomic E-state index is -0.289. The van der Waals surface area contributed by atoms with Crippen LogP contribution in [0.15, 0.2) is 53.6 Å². The molecule has 0 radical (unpaired) electrons. The minimum absolute atomic E-state index is 0.0184. The zero-order valence-corrected chi connectivity index (χ0v) is 17.1. The van der Waals surface area contributed by atoms with E-state index in [2.05, 4.69) is 24.0 Å². The highest BCUT2D eigenvalue weighted by atomic mass is 19.1. The molecular formula is C24H28FN3O. The van der Waals surface area contributed by atoms with Crippen molar-refractivity contribution in [3.8, 4) is 0 Å². The summed E-state index contributed by atoms with van der Waals surface area (Å²) in [7, 11) is 0. The molecule has 0 bridgehead atoms. The molecular weight excluding hydrogens is 365 g/mol. The van der Waals surface area contributed by atoms with Gasteiger partial charge in [-0.05, 0) is 56.5 Å². The molecule has 2 heterocycles. The molecule has 1 amide bonds. The molecule has 0 saturated carbocycles. The van der Waals surface area contributed by atoms with Crippen LogP contribution in [0.4, 0.5) is 4.39 Å². The first kappa shape index (κ1) is 19.8. The summed E-state index contributed by atoms with van der Waals surface area (Å²) < 4.78 is 13.9. The maximum atomic E-state index is 13.9. The third kappa shape index (κ3) is 4.40. The maximum Gasteiger partial charge on any atom is 0.257 e. The van der Waals surface area contributed by atoms with Gasteiger partial charge in [-0.25, -0.2) is 9.40 Å². The van der Waals surface area contributed by atoms with Crippen molar-refractivity contribution in [2.45, 2.75) is 51.6 Å². The number of piperidine rings is 1. The fourth-order valence-corrected chi connectivity index (χ4v) is 4.27. The van der Waals surface area contributed by atoms with E-state index in [0.717, 1.165) is 36.2 Å². The van der Waals surface area contributed by atoms with Gasteiger partial charge in [0.15, 0.2) is 0 Å². The van der Waals surface area contributed by atoms with Crippen molar-refractivity contribution in [1.29, 1.82) is 0 Å². The Morgan fingerprint density at radius 1 is 1.17 bits per heavy atom. The maximum absolute atomic E-state index is 13.9. The van der Waals surface area contributed by atoms with Gasteiger partial charge in [0, 0.05) is 12.5 Å². The Hall–Kier alpha value is -2.53. The number of carbonyl (C=O) groups is 1. The standard InChI is InChI=1S/C24H28FN3O/c1-17-9-11-19(12-10-17)22-15-23(20-7-5-8-21(25)14-20)28(26-22)24(29)16-27-13-4-3-6-18(27)2/h5,7-12,14,18,23H,3-4,6,13,15-16H2,1-2H3/t18-,23-/m1/s1. The summed E-state index contributed by atoms with van der Waals surface area (Å²) in [6.07, 6.45) is 4.06. The topological polar surface area (TPSA) is 35.9 Å². The average Bonchev–Trinajstić information content (AvgIpc) is 3.16. The summed E-state index contributed by atoms with van der Waals surface area (Å²) in [5, 5.41) is 6.31. The third-order valence-electron chi connectivity index (χ3n) is 6.06. The molecule has 2 aromatic rings. The Balaban J connectivity index is 1.61. The third-order valence-corrected chi connectivity index (χ3v) is 6.06. The number of aryl methyl sites for hydroxylation is 1. The number of halogens is 1. The zero-order chi connectivity index (χ0) is 20.4. The molecule has 1 fully saturated rings. The molecule has 1 saturated heterocycles. The highest BCUT2D eigenvalue weighted by Crippen LogP contribution is 2.33. The van der Waals surface area contributed by atoms with Crippen LogP contribution in [0, 0.1) is 12.7 Å². The van der Waals surface area contributed by atoms with Gasteiger partial charge >= 0.3 is 0 Å². The SMILES string of the molecule is Cc1ccc(C2=NN(C(=O)CN3CCCC[C@H]3C)[C@@H](c3cccc(F)c3)C2)cc1. The van der Waals surface area contributed by atoms with Crippen LogP contribution >= 0.6 is 0 Å². The Morgan fingerprint density at radius 2 is 1.97 bits per heavy atom. The van der Waals surface area contributed by atoms with Crippen LogP contribution in [0.1, 0.15) is 55.3 Å². The second kappa shape index (κ2) is 8.46. The molecule has 0 unspecified atom stereocenters. The van der Waals surface area contributed by atoms with Gasteiger partial charge in [-0.15, -0.1) is 0 Å². The fraction of sp³-hybridized carbons (Fsp3) is 0.417. The van der Waals surface area contributed by atoms with Crippen LogP contribution in [0.2, 0.25) is 0 Å². The van der Waals surface area contributed by atoms with E-state index in [-0.39, 0.29) is 17.8 Å². The van der Waals surface area contributed by atoms with E-state index >= 15 is 0 Å². The highest BCUT2D eigenvalue weighted by Gasteiger charge is 2.34. The predicted octanol–water partition coefficient (Wildman–Crippen LogP) is 4.69.